The van der Waals surface area contributed by atoms with Crippen LogP contribution in [0.3, 0.4) is 0 Å². The summed E-state index contributed by atoms with van der Waals surface area (Å²) in [5, 5.41) is 0.617. The maximum Gasteiger partial charge on any atom is 0.293 e. The number of amides is 3. The maximum absolute atomic E-state index is 13.0. The molecule has 3 amide bonds. The Hall–Kier alpha value is -2.88. The van der Waals surface area contributed by atoms with Crippen molar-refractivity contribution >= 4 is 61.7 Å². The number of hydrogen-bond donors (Lipinski definition) is 0. The molecule has 2 aliphatic heterocycles. The second-order valence-corrected chi connectivity index (χ2v) is 10.0. The van der Waals surface area contributed by atoms with E-state index in [1.54, 1.807) is 6.08 Å². The molecule has 0 bridgehead atoms. The van der Waals surface area contributed by atoms with Gasteiger partial charge in [0.05, 0.1) is 24.7 Å². The Kier molecular flexibility index (Phi) is 6.58. The Labute approximate surface area is 209 Å². The van der Waals surface area contributed by atoms with Gasteiger partial charge in [0.15, 0.2) is 0 Å². The molecule has 2 aliphatic rings. The van der Waals surface area contributed by atoms with Crippen LogP contribution < -0.4 is 0 Å². The third kappa shape index (κ3) is 4.68. The minimum atomic E-state index is -0.306. The van der Waals surface area contributed by atoms with Gasteiger partial charge in [-0.3, -0.25) is 19.3 Å². The first kappa shape index (κ1) is 22.9. The minimum Gasteiger partial charge on any atom is -0.378 e. The summed E-state index contributed by atoms with van der Waals surface area (Å²) >= 11 is 4.46. The van der Waals surface area contributed by atoms with E-state index >= 15 is 0 Å². The molecule has 2 fully saturated rings. The molecule has 3 aromatic rings. The third-order valence-corrected chi connectivity index (χ3v) is 7.29. The first-order chi connectivity index (χ1) is 16.5. The van der Waals surface area contributed by atoms with Gasteiger partial charge in [-0.15, -0.1) is 0 Å². The van der Waals surface area contributed by atoms with Crippen LogP contribution in [-0.4, -0.2) is 57.7 Å². The SMILES string of the molecule is O=C(Cn1cc(/C=C2\SC(=O)N(Cc3ccccc3)C2=O)c2cc(Br)ccc21)N1CCOCC1. The Morgan fingerprint density at radius 2 is 1.85 bits per heavy atom. The lowest BCUT2D eigenvalue weighted by molar-refractivity contribution is -0.135. The number of hydrogen-bond acceptors (Lipinski definition) is 5. The summed E-state index contributed by atoms with van der Waals surface area (Å²) in [5.41, 5.74) is 2.57. The Bertz CT molecular complexity index is 1300. The summed E-state index contributed by atoms with van der Waals surface area (Å²) in [5.74, 6) is -0.281. The number of ether oxygens (including phenoxy) is 1. The molecule has 174 valence electrons. The molecule has 34 heavy (non-hydrogen) atoms. The Morgan fingerprint density at radius 3 is 2.62 bits per heavy atom. The molecule has 2 saturated heterocycles. The van der Waals surface area contributed by atoms with Crippen LogP contribution in [0.4, 0.5) is 4.79 Å². The van der Waals surface area contributed by atoms with E-state index in [4.69, 9.17) is 4.74 Å². The van der Waals surface area contributed by atoms with E-state index in [1.165, 1.54) is 4.90 Å². The molecule has 0 radical (unpaired) electrons. The fraction of sp³-hybridized carbons (Fsp3) is 0.240. The first-order valence-electron chi connectivity index (χ1n) is 10.9. The zero-order chi connectivity index (χ0) is 23.7. The van der Waals surface area contributed by atoms with Crippen molar-refractivity contribution in [3.05, 3.63) is 75.2 Å². The molecule has 2 aromatic carbocycles. The van der Waals surface area contributed by atoms with Crippen LogP contribution in [0.2, 0.25) is 0 Å². The van der Waals surface area contributed by atoms with Gasteiger partial charge in [-0.05, 0) is 41.6 Å². The van der Waals surface area contributed by atoms with Crippen LogP contribution in [0.15, 0.2) is 64.1 Å². The van der Waals surface area contributed by atoms with Gasteiger partial charge in [-0.1, -0.05) is 46.3 Å². The fourth-order valence-corrected chi connectivity index (χ4v) is 5.34. The number of carbonyl (C=O) groups excluding carboxylic acids is 3. The van der Waals surface area contributed by atoms with Gasteiger partial charge < -0.3 is 14.2 Å². The van der Waals surface area contributed by atoms with Crippen LogP contribution in [0.5, 0.6) is 0 Å². The van der Waals surface area contributed by atoms with Crippen LogP contribution in [0.1, 0.15) is 11.1 Å². The van der Waals surface area contributed by atoms with Crippen molar-refractivity contribution < 1.29 is 19.1 Å². The van der Waals surface area contributed by atoms with Crippen molar-refractivity contribution in [2.45, 2.75) is 13.1 Å². The second kappa shape index (κ2) is 9.77. The number of thioether (sulfide) groups is 1. The van der Waals surface area contributed by atoms with Crippen molar-refractivity contribution in [1.29, 1.82) is 0 Å². The van der Waals surface area contributed by atoms with Gasteiger partial charge in [-0.25, -0.2) is 0 Å². The molecular formula is C25H22BrN3O4S. The average molecular weight is 540 g/mol. The van der Waals surface area contributed by atoms with Crippen molar-refractivity contribution in [2.75, 3.05) is 26.3 Å². The largest absolute Gasteiger partial charge is 0.378 e. The number of morpholine rings is 1. The highest BCUT2D eigenvalue weighted by Crippen LogP contribution is 2.35. The number of fused-ring (bicyclic) bond motifs is 1. The number of halogens is 1. The Balaban J connectivity index is 1.44. The number of aromatic nitrogens is 1. The fourth-order valence-electron chi connectivity index (χ4n) is 4.14. The van der Waals surface area contributed by atoms with Gasteiger partial charge in [0.2, 0.25) is 5.91 Å². The summed E-state index contributed by atoms with van der Waals surface area (Å²) in [6.45, 7) is 2.71. The van der Waals surface area contributed by atoms with E-state index in [2.05, 4.69) is 15.9 Å². The Morgan fingerprint density at radius 1 is 1.09 bits per heavy atom. The van der Waals surface area contributed by atoms with E-state index in [9.17, 15) is 14.4 Å². The molecule has 0 unspecified atom stereocenters. The number of imide groups is 1. The van der Waals surface area contributed by atoms with Gasteiger partial charge in [-0.2, -0.15) is 0 Å². The van der Waals surface area contributed by atoms with E-state index in [-0.39, 0.29) is 30.1 Å². The molecule has 0 saturated carbocycles. The zero-order valence-corrected chi connectivity index (χ0v) is 20.7. The summed E-state index contributed by atoms with van der Waals surface area (Å²) < 4.78 is 8.14. The lowest BCUT2D eigenvalue weighted by Crippen LogP contribution is -2.42. The third-order valence-electron chi connectivity index (χ3n) is 5.89. The predicted octanol–water partition coefficient (Wildman–Crippen LogP) is 4.50. The van der Waals surface area contributed by atoms with Gasteiger partial charge in [0, 0.05) is 40.2 Å². The lowest BCUT2D eigenvalue weighted by atomic mass is 10.1. The standard InChI is InChI=1S/C25H22BrN3O4S/c26-19-6-7-21-20(13-19)18(15-28(21)16-23(30)27-8-10-33-11-9-27)12-22-24(31)29(25(32)34-22)14-17-4-2-1-3-5-17/h1-7,12-13,15H,8-11,14,16H2/b22-12-. The molecule has 9 heteroatoms. The van der Waals surface area contributed by atoms with E-state index in [1.807, 2.05) is 64.2 Å². The normalized spacial score (nSPS) is 17.9. The monoisotopic (exact) mass is 539 g/mol. The van der Waals surface area contributed by atoms with Gasteiger partial charge >= 0.3 is 0 Å². The molecule has 0 spiro atoms. The summed E-state index contributed by atoms with van der Waals surface area (Å²) in [6, 6.07) is 15.3. The summed E-state index contributed by atoms with van der Waals surface area (Å²) in [4.78, 5) is 41.9. The lowest BCUT2D eigenvalue weighted by Gasteiger charge is -2.27. The maximum atomic E-state index is 13.0. The smallest absolute Gasteiger partial charge is 0.293 e. The van der Waals surface area contributed by atoms with E-state index < -0.39 is 0 Å². The molecule has 7 nitrogen and oxygen atoms in total. The van der Waals surface area contributed by atoms with Crippen molar-refractivity contribution in [3.63, 3.8) is 0 Å². The van der Waals surface area contributed by atoms with Crippen LogP contribution in [0.25, 0.3) is 17.0 Å². The molecule has 0 N–H and O–H groups in total. The topological polar surface area (TPSA) is 71.9 Å². The van der Waals surface area contributed by atoms with Crippen LogP contribution >= 0.6 is 27.7 Å². The van der Waals surface area contributed by atoms with Crippen molar-refractivity contribution in [3.8, 4) is 0 Å². The number of carbonyl (C=O) groups is 3. The summed E-state index contributed by atoms with van der Waals surface area (Å²) in [7, 11) is 0. The molecule has 5 rings (SSSR count). The summed E-state index contributed by atoms with van der Waals surface area (Å²) in [6.07, 6.45) is 3.63. The van der Waals surface area contributed by atoms with Crippen molar-refractivity contribution in [2.24, 2.45) is 0 Å². The van der Waals surface area contributed by atoms with E-state index in [0.717, 1.165) is 38.3 Å². The number of nitrogens with zero attached hydrogens (tertiary/aromatic N) is 3. The molecule has 0 atom stereocenters. The average Bonchev–Trinajstić information content (AvgIpc) is 3.31. The zero-order valence-electron chi connectivity index (χ0n) is 18.3. The van der Waals surface area contributed by atoms with Crippen LogP contribution in [0, 0.1) is 0 Å². The van der Waals surface area contributed by atoms with Crippen molar-refractivity contribution in [1.82, 2.24) is 14.4 Å². The highest BCUT2D eigenvalue weighted by Gasteiger charge is 2.35. The molecule has 1 aromatic heterocycles. The number of rotatable bonds is 5. The molecule has 0 aliphatic carbocycles. The highest BCUT2D eigenvalue weighted by molar-refractivity contribution is 9.10. The van der Waals surface area contributed by atoms with E-state index in [0.29, 0.717) is 31.2 Å². The molecule has 3 heterocycles. The quantitative estimate of drug-likeness (QED) is 0.446. The predicted molar refractivity (Wildman–Crippen MR) is 135 cm³/mol. The van der Waals surface area contributed by atoms with Gasteiger partial charge in [0.25, 0.3) is 11.1 Å². The first-order valence-corrected chi connectivity index (χ1v) is 12.5. The number of benzene rings is 2. The minimum absolute atomic E-state index is 0.0258. The van der Waals surface area contributed by atoms with Gasteiger partial charge in [0.1, 0.15) is 6.54 Å². The second-order valence-electron chi connectivity index (χ2n) is 8.12. The van der Waals surface area contributed by atoms with Crippen LogP contribution in [-0.2, 0) is 27.4 Å². The molecular weight excluding hydrogens is 518 g/mol. The highest BCUT2D eigenvalue weighted by atomic mass is 79.9.